The van der Waals surface area contributed by atoms with Gasteiger partial charge >= 0.3 is 6.09 Å². The van der Waals surface area contributed by atoms with E-state index in [1.807, 2.05) is 20.8 Å². The van der Waals surface area contributed by atoms with Crippen molar-refractivity contribution in [1.29, 1.82) is 0 Å². The molecular weight excluding hydrogens is 468 g/mol. The van der Waals surface area contributed by atoms with E-state index in [9.17, 15) is 14.0 Å². The van der Waals surface area contributed by atoms with E-state index >= 15 is 4.39 Å². The molecule has 3 heterocycles. The standard InChI is InChI=1S/C26H31F2N5O3/c1-26(2,3)36-25(35)32-10-8-18(9-11-32)33-14-20(28)22-21(29-15-30-23(22)33)13-16-6-7-17(12-19(16)27)24(34)31(4)5/h6-7,12,14-15,18H,8-11,13H2,1-5H3. The highest BCUT2D eigenvalue weighted by Crippen LogP contribution is 2.31. The number of benzene rings is 1. The zero-order valence-corrected chi connectivity index (χ0v) is 21.2. The summed E-state index contributed by atoms with van der Waals surface area (Å²) >= 11 is 0. The molecule has 0 bridgehead atoms. The summed E-state index contributed by atoms with van der Waals surface area (Å²) in [5, 5.41) is 0.250. The summed E-state index contributed by atoms with van der Waals surface area (Å²) in [6.45, 7) is 6.46. The summed E-state index contributed by atoms with van der Waals surface area (Å²) in [6, 6.07) is 4.22. The van der Waals surface area contributed by atoms with Crippen molar-refractivity contribution in [2.45, 2.75) is 51.7 Å². The highest BCUT2D eigenvalue weighted by atomic mass is 19.1. The third-order valence-electron chi connectivity index (χ3n) is 6.22. The molecule has 1 saturated heterocycles. The van der Waals surface area contributed by atoms with Gasteiger partial charge in [0.05, 0.1) is 11.1 Å². The van der Waals surface area contributed by atoms with Gasteiger partial charge in [-0.1, -0.05) is 6.07 Å². The predicted molar refractivity (Wildman–Crippen MR) is 131 cm³/mol. The minimum Gasteiger partial charge on any atom is -0.444 e. The molecule has 0 spiro atoms. The number of rotatable bonds is 4. The van der Waals surface area contributed by atoms with E-state index in [2.05, 4.69) is 9.97 Å². The number of fused-ring (bicyclic) bond motifs is 1. The molecule has 0 N–H and O–H groups in total. The highest BCUT2D eigenvalue weighted by Gasteiger charge is 2.29. The summed E-state index contributed by atoms with van der Waals surface area (Å²) in [5.74, 6) is -1.33. The Morgan fingerprint density at radius 3 is 2.42 bits per heavy atom. The first-order valence-electron chi connectivity index (χ1n) is 11.9. The summed E-state index contributed by atoms with van der Waals surface area (Å²) in [7, 11) is 3.20. The topological polar surface area (TPSA) is 80.6 Å². The Kier molecular flexibility index (Phi) is 6.97. The van der Waals surface area contributed by atoms with Crippen molar-refractivity contribution in [2.24, 2.45) is 0 Å². The van der Waals surface area contributed by atoms with Crippen LogP contribution in [0.15, 0.2) is 30.7 Å². The van der Waals surface area contributed by atoms with Gasteiger partial charge in [-0.05, 0) is 51.3 Å². The molecule has 0 radical (unpaired) electrons. The monoisotopic (exact) mass is 499 g/mol. The van der Waals surface area contributed by atoms with Crippen LogP contribution in [0.3, 0.4) is 0 Å². The van der Waals surface area contributed by atoms with Gasteiger partial charge < -0.3 is 19.1 Å². The van der Waals surface area contributed by atoms with Gasteiger partial charge in [0.25, 0.3) is 5.91 Å². The number of aromatic nitrogens is 3. The fraction of sp³-hybridized carbons (Fsp3) is 0.462. The Bertz CT molecular complexity index is 1290. The summed E-state index contributed by atoms with van der Waals surface area (Å²) < 4.78 is 37.2. The third kappa shape index (κ3) is 5.32. The van der Waals surface area contributed by atoms with Gasteiger partial charge in [0.1, 0.15) is 23.4 Å². The second-order valence-corrected chi connectivity index (χ2v) is 10.3. The lowest BCUT2D eigenvalue weighted by Gasteiger charge is -2.34. The van der Waals surface area contributed by atoms with Crippen molar-refractivity contribution in [2.75, 3.05) is 27.2 Å². The molecule has 4 rings (SSSR count). The van der Waals surface area contributed by atoms with Crippen molar-refractivity contribution in [3.8, 4) is 0 Å². The number of piperidine rings is 1. The maximum absolute atomic E-state index is 15.1. The average molecular weight is 500 g/mol. The van der Waals surface area contributed by atoms with Crippen LogP contribution in [0.5, 0.6) is 0 Å². The number of nitrogens with zero attached hydrogens (tertiary/aromatic N) is 5. The van der Waals surface area contributed by atoms with Gasteiger partial charge in [-0.15, -0.1) is 0 Å². The normalized spacial score (nSPS) is 14.8. The number of carbonyl (C=O) groups excluding carboxylic acids is 2. The number of amides is 2. The molecule has 2 aromatic heterocycles. The summed E-state index contributed by atoms with van der Waals surface area (Å²) in [6.07, 6.45) is 3.71. The maximum Gasteiger partial charge on any atom is 0.410 e. The second-order valence-electron chi connectivity index (χ2n) is 10.3. The van der Waals surface area contributed by atoms with Gasteiger partial charge in [0.2, 0.25) is 0 Å². The maximum atomic E-state index is 15.1. The van der Waals surface area contributed by atoms with Crippen LogP contribution in [0, 0.1) is 11.6 Å². The van der Waals surface area contributed by atoms with Crippen LogP contribution in [0.1, 0.15) is 61.3 Å². The third-order valence-corrected chi connectivity index (χ3v) is 6.22. The molecule has 10 heteroatoms. The first kappa shape index (κ1) is 25.5. The number of likely N-dealkylation sites (tertiary alicyclic amines) is 1. The van der Waals surface area contributed by atoms with Crippen LogP contribution in [0.4, 0.5) is 13.6 Å². The molecule has 1 aliphatic heterocycles. The first-order chi connectivity index (χ1) is 16.9. The molecule has 0 aliphatic carbocycles. The molecule has 1 aromatic carbocycles. The number of hydrogen-bond acceptors (Lipinski definition) is 5. The predicted octanol–water partition coefficient (Wildman–Crippen LogP) is 4.57. The van der Waals surface area contributed by atoms with E-state index in [-0.39, 0.29) is 35.4 Å². The van der Waals surface area contributed by atoms with Crippen LogP contribution >= 0.6 is 0 Å². The molecule has 0 unspecified atom stereocenters. The number of halogens is 2. The molecule has 192 valence electrons. The Balaban J connectivity index is 1.54. The molecular formula is C26H31F2N5O3. The number of ether oxygens (including phenoxy) is 1. The Morgan fingerprint density at radius 2 is 1.81 bits per heavy atom. The molecule has 1 aliphatic rings. The van der Waals surface area contributed by atoms with Gasteiger partial charge in [0, 0.05) is 51.4 Å². The lowest BCUT2D eigenvalue weighted by molar-refractivity contribution is 0.0189. The summed E-state index contributed by atoms with van der Waals surface area (Å²) in [5.41, 5.74) is 0.788. The van der Waals surface area contributed by atoms with E-state index in [1.54, 1.807) is 29.6 Å². The molecule has 0 saturated carbocycles. The molecule has 36 heavy (non-hydrogen) atoms. The zero-order chi connectivity index (χ0) is 26.2. The van der Waals surface area contributed by atoms with Crippen LogP contribution in [-0.4, -0.2) is 69.1 Å². The summed E-state index contributed by atoms with van der Waals surface area (Å²) in [4.78, 5) is 36.1. The van der Waals surface area contributed by atoms with Crippen LogP contribution in [0.25, 0.3) is 11.0 Å². The van der Waals surface area contributed by atoms with Crippen molar-refractivity contribution in [3.63, 3.8) is 0 Å². The molecule has 8 nitrogen and oxygen atoms in total. The smallest absolute Gasteiger partial charge is 0.410 e. The largest absolute Gasteiger partial charge is 0.444 e. The number of carbonyl (C=O) groups is 2. The van der Waals surface area contributed by atoms with Crippen molar-refractivity contribution in [3.05, 3.63) is 59.2 Å². The minimum atomic E-state index is -0.567. The van der Waals surface area contributed by atoms with Crippen LogP contribution in [-0.2, 0) is 11.2 Å². The highest BCUT2D eigenvalue weighted by molar-refractivity contribution is 5.94. The van der Waals surface area contributed by atoms with E-state index < -0.39 is 17.2 Å². The number of hydrogen-bond donors (Lipinski definition) is 0. The SMILES string of the molecule is CN(C)C(=O)c1ccc(Cc2ncnc3c2c(F)cn3C2CCN(C(=O)OC(C)(C)C)CC2)c(F)c1. The fourth-order valence-corrected chi connectivity index (χ4v) is 4.43. The lowest BCUT2D eigenvalue weighted by atomic mass is 10.0. The lowest BCUT2D eigenvalue weighted by Crippen LogP contribution is -2.42. The Labute approximate surface area is 208 Å². The van der Waals surface area contributed by atoms with Crippen molar-refractivity contribution in [1.82, 2.24) is 24.3 Å². The van der Waals surface area contributed by atoms with Gasteiger partial charge in [-0.3, -0.25) is 4.79 Å². The molecule has 0 atom stereocenters. The Morgan fingerprint density at radius 1 is 1.11 bits per heavy atom. The van der Waals surface area contributed by atoms with Gasteiger partial charge in [0.15, 0.2) is 5.82 Å². The quantitative estimate of drug-likeness (QED) is 0.525. The zero-order valence-electron chi connectivity index (χ0n) is 21.2. The molecule has 3 aromatic rings. The van der Waals surface area contributed by atoms with Crippen LogP contribution < -0.4 is 0 Å². The van der Waals surface area contributed by atoms with Crippen molar-refractivity contribution >= 4 is 23.0 Å². The van der Waals surface area contributed by atoms with E-state index in [4.69, 9.17) is 4.74 Å². The molecule has 2 amide bonds. The van der Waals surface area contributed by atoms with E-state index in [1.165, 1.54) is 29.6 Å². The minimum absolute atomic E-state index is 0.0495. The molecule has 1 fully saturated rings. The van der Waals surface area contributed by atoms with Crippen molar-refractivity contribution < 1.29 is 23.1 Å². The first-order valence-corrected chi connectivity index (χ1v) is 11.9. The van der Waals surface area contributed by atoms with E-state index in [0.717, 1.165) is 0 Å². The average Bonchev–Trinajstić information content (AvgIpc) is 3.16. The van der Waals surface area contributed by atoms with Gasteiger partial charge in [-0.25, -0.2) is 23.5 Å². The fourth-order valence-electron chi connectivity index (χ4n) is 4.43. The van der Waals surface area contributed by atoms with E-state index in [0.29, 0.717) is 42.8 Å². The Hall–Kier alpha value is -3.56. The second kappa shape index (κ2) is 9.83. The van der Waals surface area contributed by atoms with Crippen LogP contribution in [0.2, 0.25) is 0 Å². The van der Waals surface area contributed by atoms with Gasteiger partial charge in [-0.2, -0.15) is 0 Å².